The van der Waals surface area contributed by atoms with Gasteiger partial charge < -0.3 is 36.1 Å². The Balaban J connectivity index is 2.33. The molecule has 1 atom stereocenters. The van der Waals surface area contributed by atoms with Crippen molar-refractivity contribution in [1.82, 2.24) is 15.1 Å². The molecule has 5 N–H and O–H groups in total. The molecule has 1 aliphatic rings. The molecule has 0 fully saturated rings. The number of nitrogens with one attached hydrogen (secondary N) is 1. The summed E-state index contributed by atoms with van der Waals surface area (Å²) in [6, 6.07) is -0.149. The molecule has 1 rings (SSSR count). The highest BCUT2D eigenvalue weighted by Gasteiger charge is 2.16. The van der Waals surface area contributed by atoms with Crippen molar-refractivity contribution in [2.45, 2.75) is 45.6 Å². The molecule has 1 aliphatic heterocycles. The molecule has 9 heteroatoms. The van der Waals surface area contributed by atoms with Crippen LogP contribution in [0.2, 0.25) is 0 Å². The van der Waals surface area contributed by atoms with E-state index in [0.717, 1.165) is 31.3 Å². The van der Waals surface area contributed by atoms with E-state index in [1.807, 2.05) is 23.3 Å². The van der Waals surface area contributed by atoms with Crippen LogP contribution in [-0.2, 0) is 9.47 Å². The van der Waals surface area contributed by atoms with E-state index in [9.17, 15) is 9.59 Å². The molecular weight excluding hydrogens is 386 g/mol. The van der Waals surface area contributed by atoms with E-state index in [1.165, 1.54) is 0 Å². The molecule has 0 bridgehead atoms. The zero-order chi connectivity index (χ0) is 22.2. The third kappa shape index (κ3) is 10.5. The monoisotopic (exact) mass is 425 g/mol. The quantitative estimate of drug-likeness (QED) is 0.363. The van der Waals surface area contributed by atoms with E-state index in [2.05, 4.69) is 19.2 Å². The Morgan fingerprint density at radius 2 is 1.97 bits per heavy atom. The van der Waals surface area contributed by atoms with Crippen LogP contribution in [0.15, 0.2) is 23.9 Å². The van der Waals surface area contributed by atoms with Crippen molar-refractivity contribution in [2.75, 3.05) is 52.5 Å². The van der Waals surface area contributed by atoms with Crippen LogP contribution in [0.4, 0.5) is 9.59 Å². The maximum Gasteiger partial charge on any atom is 0.409 e. The van der Waals surface area contributed by atoms with Crippen molar-refractivity contribution in [2.24, 2.45) is 11.5 Å². The number of unbranched alkanes of at least 4 members (excludes halogenated alkanes) is 2. The van der Waals surface area contributed by atoms with Crippen molar-refractivity contribution < 1.29 is 19.1 Å². The van der Waals surface area contributed by atoms with E-state index < -0.39 is 6.09 Å². The van der Waals surface area contributed by atoms with Gasteiger partial charge in [0.1, 0.15) is 13.2 Å². The van der Waals surface area contributed by atoms with E-state index in [1.54, 1.807) is 4.90 Å². The third-order valence-electron chi connectivity index (χ3n) is 4.76. The van der Waals surface area contributed by atoms with Crippen molar-refractivity contribution in [1.29, 1.82) is 0 Å². The second kappa shape index (κ2) is 15.6. The third-order valence-corrected chi connectivity index (χ3v) is 4.76. The van der Waals surface area contributed by atoms with E-state index in [-0.39, 0.29) is 25.3 Å². The summed E-state index contributed by atoms with van der Waals surface area (Å²) in [6.07, 6.45) is 8.82. The van der Waals surface area contributed by atoms with Gasteiger partial charge in [0, 0.05) is 32.2 Å². The summed E-state index contributed by atoms with van der Waals surface area (Å²) in [7, 11) is 0. The number of carbonyl (C=O) groups is 2. The van der Waals surface area contributed by atoms with Gasteiger partial charge in [-0.3, -0.25) is 0 Å². The first-order valence-corrected chi connectivity index (χ1v) is 10.9. The van der Waals surface area contributed by atoms with Gasteiger partial charge in [-0.05, 0) is 30.7 Å². The summed E-state index contributed by atoms with van der Waals surface area (Å²) in [5, 5.41) is 2.69. The lowest BCUT2D eigenvalue weighted by molar-refractivity contribution is 0.0823. The maximum atomic E-state index is 12.4. The van der Waals surface area contributed by atoms with Gasteiger partial charge >= 0.3 is 12.2 Å². The number of carbonyl (C=O) groups excluding carboxylic acids is 2. The highest BCUT2D eigenvalue weighted by molar-refractivity contribution is 5.68. The molecule has 1 unspecified atom stereocenters. The number of alkyl carbamates (subject to hydrolysis) is 1. The normalized spacial score (nSPS) is 14.1. The minimum atomic E-state index is -0.453. The predicted molar refractivity (Wildman–Crippen MR) is 118 cm³/mol. The Labute approximate surface area is 180 Å². The lowest BCUT2D eigenvalue weighted by Gasteiger charge is -2.25. The number of hydrogen-bond donors (Lipinski definition) is 3. The predicted octanol–water partition coefficient (Wildman–Crippen LogP) is 1.79. The fraction of sp³-hybridized carbons (Fsp3) is 0.714. The topological polar surface area (TPSA) is 123 Å². The maximum absolute atomic E-state index is 12.4. The van der Waals surface area contributed by atoms with Crippen molar-refractivity contribution >= 4 is 12.2 Å². The Hall–Kier alpha value is -2.26. The molecule has 0 aromatic rings. The number of nitrogens with two attached hydrogens (primary N) is 2. The van der Waals surface area contributed by atoms with E-state index in [4.69, 9.17) is 20.9 Å². The van der Waals surface area contributed by atoms with Gasteiger partial charge in [0.15, 0.2) is 0 Å². The number of ether oxygens (including phenoxy) is 2. The minimum Gasteiger partial charge on any atom is -0.448 e. The van der Waals surface area contributed by atoms with Gasteiger partial charge in [0.2, 0.25) is 0 Å². The zero-order valence-corrected chi connectivity index (χ0v) is 18.5. The molecule has 2 amide bonds. The summed E-state index contributed by atoms with van der Waals surface area (Å²) in [5.74, 6) is 0. The number of rotatable bonds is 14. The Morgan fingerprint density at radius 1 is 1.20 bits per heavy atom. The lowest BCUT2D eigenvalue weighted by atomic mass is 10.1. The van der Waals surface area contributed by atoms with Crippen LogP contribution in [0.3, 0.4) is 0 Å². The highest BCUT2D eigenvalue weighted by atomic mass is 16.6. The summed E-state index contributed by atoms with van der Waals surface area (Å²) in [5.41, 5.74) is 12.5. The fourth-order valence-electron chi connectivity index (χ4n) is 2.77. The van der Waals surface area contributed by atoms with Gasteiger partial charge in [-0.15, -0.1) is 0 Å². The van der Waals surface area contributed by atoms with Gasteiger partial charge in [-0.25, -0.2) is 9.59 Å². The smallest absolute Gasteiger partial charge is 0.409 e. The minimum absolute atomic E-state index is 0.139. The van der Waals surface area contributed by atoms with Crippen LogP contribution in [0.5, 0.6) is 0 Å². The zero-order valence-electron chi connectivity index (χ0n) is 18.5. The molecule has 172 valence electrons. The van der Waals surface area contributed by atoms with Crippen molar-refractivity contribution in [3.05, 3.63) is 23.9 Å². The Kier molecular flexibility index (Phi) is 13.4. The molecule has 9 nitrogen and oxygen atoms in total. The van der Waals surface area contributed by atoms with Crippen LogP contribution in [0, 0.1) is 0 Å². The standard InChI is InChI=1S/C21H39N5O4/c1-3-5-9-24-20(27)29-16-14-26(10-6-4-2)21(28)30-15-13-25-11-7-18(8-12-25)19(23)17-22/h7-8,11,19H,3-6,9-10,12-17,22-23H2,1-2H3,(H,24,27). The number of nitrogens with zero attached hydrogens (tertiary/aromatic N) is 2. The largest absolute Gasteiger partial charge is 0.448 e. The molecule has 0 spiro atoms. The van der Waals surface area contributed by atoms with E-state index in [0.29, 0.717) is 39.3 Å². The van der Waals surface area contributed by atoms with E-state index >= 15 is 0 Å². The number of amides is 2. The molecule has 0 aliphatic carbocycles. The summed E-state index contributed by atoms with van der Waals surface area (Å²) in [4.78, 5) is 27.7. The second-order valence-corrected chi connectivity index (χ2v) is 7.23. The molecule has 0 aromatic heterocycles. The number of hydrogen-bond acceptors (Lipinski definition) is 7. The van der Waals surface area contributed by atoms with Crippen LogP contribution in [0.1, 0.15) is 39.5 Å². The van der Waals surface area contributed by atoms with Crippen LogP contribution < -0.4 is 16.8 Å². The molecule has 1 heterocycles. The molecular formula is C21H39N5O4. The van der Waals surface area contributed by atoms with Gasteiger partial charge in [-0.2, -0.15) is 0 Å². The first-order valence-electron chi connectivity index (χ1n) is 10.9. The van der Waals surface area contributed by atoms with Crippen molar-refractivity contribution in [3.63, 3.8) is 0 Å². The molecule has 0 aromatic carbocycles. The fourth-order valence-corrected chi connectivity index (χ4v) is 2.77. The van der Waals surface area contributed by atoms with Gasteiger partial charge in [-0.1, -0.05) is 32.8 Å². The van der Waals surface area contributed by atoms with Gasteiger partial charge in [0.05, 0.1) is 13.1 Å². The molecule has 0 saturated carbocycles. The van der Waals surface area contributed by atoms with Crippen molar-refractivity contribution in [3.8, 4) is 0 Å². The van der Waals surface area contributed by atoms with Crippen LogP contribution in [0.25, 0.3) is 0 Å². The first kappa shape index (κ1) is 25.8. The molecule has 0 saturated heterocycles. The molecule has 0 radical (unpaired) electrons. The summed E-state index contributed by atoms with van der Waals surface area (Å²) >= 11 is 0. The average molecular weight is 426 g/mol. The lowest BCUT2D eigenvalue weighted by Crippen LogP contribution is -2.38. The second-order valence-electron chi connectivity index (χ2n) is 7.23. The first-order chi connectivity index (χ1) is 14.5. The van der Waals surface area contributed by atoms with Crippen LogP contribution >= 0.6 is 0 Å². The average Bonchev–Trinajstić information content (AvgIpc) is 2.76. The Bertz CT molecular complexity index is 568. The highest BCUT2D eigenvalue weighted by Crippen LogP contribution is 2.09. The van der Waals surface area contributed by atoms with Gasteiger partial charge in [0.25, 0.3) is 0 Å². The summed E-state index contributed by atoms with van der Waals surface area (Å²) in [6.45, 7) is 7.70. The Morgan fingerprint density at radius 3 is 2.60 bits per heavy atom. The van der Waals surface area contributed by atoms with Crippen LogP contribution in [-0.4, -0.2) is 80.5 Å². The summed E-state index contributed by atoms with van der Waals surface area (Å²) < 4.78 is 10.6. The SMILES string of the molecule is CCCCNC(=O)OCCN(CCCC)C(=O)OCCN1C=CC(C(N)CN)=CC1. The molecule has 30 heavy (non-hydrogen) atoms.